The molecule has 1 aliphatic rings. The molecule has 2 aromatic heterocycles. The predicted octanol–water partition coefficient (Wildman–Crippen LogP) is 3.67. The molecule has 1 aromatic carbocycles. The first-order valence-corrected chi connectivity index (χ1v) is 13.2. The van der Waals surface area contributed by atoms with E-state index in [-0.39, 0.29) is 29.1 Å². The summed E-state index contributed by atoms with van der Waals surface area (Å²) < 4.78 is 29.2. The summed E-state index contributed by atoms with van der Waals surface area (Å²) in [5.41, 5.74) is 1.10. The predicted molar refractivity (Wildman–Crippen MR) is 130 cm³/mol. The second-order valence-electron chi connectivity index (χ2n) is 8.68. The van der Waals surface area contributed by atoms with E-state index in [0.29, 0.717) is 15.9 Å². The summed E-state index contributed by atoms with van der Waals surface area (Å²) >= 11 is 1.46. The molecule has 4 rings (SSSR count). The summed E-state index contributed by atoms with van der Waals surface area (Å²) in [7, 11) is -3.61. The summed E-state index contributed by atoms with van der Waals surface area (Å²) in [5.74, 6) is -0.392. The van der Waals surface area contributed by atoms with Gasteiger partial charge in [-0.2, -0.15) is 4.31 Å². The van der Waals surface area contributed by atoms with Gasteiger partial charge >= 0.3 is 0 Å². The number of amides is 1. The van der Waals surface area contributed by atoms with Crippen molar-refractivity contribution in [3.63, 3.8) is 0 Å². The van der Waals surface area contributed by atoms with Crippen LogP contribution in [0.5, 0.6) is 0 Å². The fourth-order valence-electron chi connectivity index (χ4n) is 4.44. The van der Waals surface area contributed by atoms with E-state index in [4.69, 9.17) is 0 Å². The first kappa shape index (κ1) is 23.6. The molecule has 0 bridgehead atoms. The smallest absolute Gasteiger partial charge is 0.262 e. The average Bonchev–Trinajstić information content (AvgIpc) is 3.04. The lowest BCUT2D eigenvalue weighted by molar-refractivity contribution is -0.116. The monoisotopic (exact) mass is 488 g/mol. The van der Waals surface area contributed by atoms with E-state index in [1.807, 2.05) is 27.7 Å². The third kappa shape index (κ3) is 4.47. The van der Waals surface area contributed by atoms with Gasteiger partial charge in [-0.3, -0.25) is 14.2 Å². The molecule has 2 unspecified atom stereocenters. The molecule has 3 aromatic rings. The number of thiophene rings is 1. The molecule has 176 valence electrons. The van der Waals surface area contributed by atoms with Gasteiger partial charge < -0.3 is 5.32 Å². The van der Waals surface area contributed by atoms with E-state index in [9.17, 15) is 18.0 Å². The van der Waals surface area contributed by atoms with Gasteiger partial charge in [0, 0.05) is 22.6 Å². The van der Waals surface area contributed by atoms with Crippen molar-refractivity contribution in [2.45, 2.75) is 70.5 Å². The standard InChI is InChI=1S/C23H28N4O4S2/c1-14-6-5-7-15(2)27(14)33(30,31)19-10-8-18(9-11-19)25-20(28)12-26-13-24-22-21(23(26)29)16(3)17(4)32-22/h8-11,13-15H,5-7,12H2,1-4H3,(H,25,28). The van der Waals surface area contributed by atoms with Crippen LogP contribution < -0.4 is 10.9 Å². The van der Waals surface area contributed by atoms with Crippen LogP contribution in [0.3, 0.4) is 0 Å². The van der Waals surface area contributed by atoms with E-state index in [2.05, 4.69) is 10.3 Å². The van der Waals surface area contributed by atoms with Crippen LogP contribution in [0.1, 0.15) is 43.6 Å². The molecule has 10 heteroatoms. The Hall–Kier alpha value is -2.56. The number of aryl methyl sites for hydroxylation is 2. The number of sulfonamides is 1. The van der Waals surface area contributed by atoms with Crippen LogP contribution in [0.15, 0.2) is 40.3 Å². The molecule has 0 saturated carbocycles. The Morgan fingerprint density at radius 1 is 1.15 bits per heavy atom. The molecule has 0 spiro atoms. The van der Waals surface area contributed by atoms with Crippen LogP contribution in [0.25, 0.3) is 10.2 Å². The molecule has 0 aliphatic carbocycles. The van der Waals surface area contributed by atoms with Crippen LogP contribution in [-0.2, 0) is 21.4 Å². The van der Waals surface area contributed by atoms with E-state index in [0.717, 1.165) is 29.7 Å². The molecule has 1 amide bonds. The summed E-state index contributed by atoms with van der Waals surface area (Å²) in [6, 6.07) is 6.07. The first-order chi connectivity index (χ1) is 15.6. The molecule has 1 fully saturated rings. The Morgan fingerprint density at radius 3 is 2.42 bits per heavy atom. The third-order valence-electron chi connectivity index (χ3n) is 6.30. The molecule has 1 saturated heterocycles. The first-order valence-electron chi connectivity index (χ1n) is 11.0. The molecule has 8 nitrogen and oxygen atoms in total. The number of nitrogens with zero attached hydrogens (tertiary/aromatic N) is 3. The molecule has 1 aliphatic heterocycles. The number of nitrogens with one attached hydrogen (secondary N) is 1. The van der Waals surface area contributed by atoms with Crippen LogP contribution in [0.2, 0.25) is 0 Å². The van der Waals surface area contributed by atoms with Crippen molar-refractivity contribution in [1.29, 1.82) is 0 Å². The zero-order chi connectivity index (χ0) is 23.9. The summed E-state index contributed by atoms with van der Waals surface area (Å²) in [6.45, 7) is 7.51. The van der Waals surface area contributed by atoms with Gasteiger partial charge in [0.2, 0.25) is 15.9 Å². The average molecular weight is 489 g/mol. The van der Waals surface area contributed by atoms with Crippen molar-refractivity contribution < 1.29 is 13.2 Å². The number of rotatable bonds is 5. The van der Waals surface area contributed by atoms with Crippen molar-refractivity contribution in [3.8, 4) is 0 Å². The topological polar surface area (TPSA) is 101 Å². The highest BCUT2D eigenvalue weighted by atomic mass is 32.2. The van der Waals surface area contributed by atoms with Gasteiger partial charge in [-0.15, -0.1) is 11.3 Å². The maximum absolute atomic E-state index is 13.2. The van der Waals surface area contributed by atoms with Gasteiger partial charge in [0.15, 0.2) is 0 Å². The fourth-order valence-corrected chi connectivity index (χ4v) is 7.31. The van der Waals surface area contributed by atoms with E-state index >= 15 is 0 Å². The number of hydrogen-bond donors (Lipinski definition) is 1. The number of anilines is 1. The minimum atomic E-state index is -3.61. The molecular formula is C23H28N4O4S2. The minimum absolute atomic E-state index is 0.0435. The van der Waals surface area contributed by atoms with Crippen molar-refractivity contribution in [3.05, 3.63) is 51.4 Å². The van der Waals surface area contributed by atoms with Crippen LogP contribution in [-0.4, -0.2) is 40.3 Å². The molecule has 3 heterocycles. The van der Waals surface area contributed by atoms with Crippen LogP contribution >= 0.6 is 11.3 Å². The van der Waals surface area contributed by atoms with Gasteiger partial charge in [-0.25, -0.2) is 13.4 Å². The number of benzene rings is 1. The van der Waals surface area contributed by atoms with Gasteiger partial charge in [-0.05, 0) is 70.4 Å². The summed E-state index contributed by atoms with van der Waals surface area (Å²) in [4.78, 5) is 31.5. The molecule has 33 heavy (non-hydrogen) atoms. The minimum Gasteiger partial charge on any atom is -0.325 e. The lowest BCUT2D eigenvalue weighted by Gasteiger charge is -2.37. The molecule has 0 radical (unpaired) electrons. The van der Waals surface area contributed by atoms with Gasteiger partial charge in [0.25, 0.3) is 5.56 Å². The van der Waals surface area contributed by atoms with Crippen LogP contribution in [0.4, 0.5) is 5.69 Å². The SMILES string of the molecule is Cc1sc2ncn(CC(=O)Nc3ccc(S(=O)(=O)N4C(C)CCCC4C)cc3)c(=O)c2c1C. The summed E-state index contributed by atoms with van der Waals surface area (Å²) in [6.07, 6.45) is 4.11. The zero-order valence-corrected chi connectivity index (χ0v) is 20.8. The third-order valence-corrected chi connectivity index (χ3v) is 9.55. The van der Waals surface area contributed by atoms with Gasteiger partial charge in [-0.1, -0.05) is 6.42 Å². The van der Waals surface area contributed by atoms with E-state index < -0.39 is 15.9 Å². The summed E-state index contributed by atoms with van der Waals surface area (Å²) in [5, 5.41) is 3.27. The molecular weight excluding hydrogens is 460 g/mol. The van der Waals surface area contributed by atoms with Gasteiger partial charge in [0.05, 0.1) is 16.6 Å². The Bertz CT molecular complexity index is 1350. The maximum atomic E-state index is 13.2. The molecule has 1 N–H and O–H groups in total. The van der Waals surface area contributed by atoms with Crippen molar-refractivity contribution >= 4 is 43.2 Å². The van der Waals surface area contributed by atoms with Crippen molar-refractivity contribution in [2.75, 3.05) is 5.32 Å². The highest BCUT2D eigenvalue weighted by Crippen LogP contribution is 2.30. The largest absolute Gasteiger partial charge is 0.325 e. The zero-order valence-electron chi connectivity index (χ0n) is 19.2. The highest BCUT2D eigenvalue weighted by Gasteiger charge is 2.35. The lowest BCUT2D eigenvalue weighted by Crippen LogP contribution is -2.47. The van der Waals surface area contributed by atoms with Gasteiger partial charge in [0.1, 0.15) is 11.4 Å². The second-order valence-corrected chi connectivity index (χ2v) is 11.7. The number of fused-ring (bicyclic) bond motifs is 1. The Kier molecular flexibility index (Phi) is 6.43. The van der Waals surface area contributed by atoms with Crippen LogP contribution in [0, 0.1) is 13.8 Å². The van der Waals surface area contributed by atoms with Crippen molar-refractivity contribution in [2.24, 2.45) is 0 Å². The number of carbonyl (C=O) groups is 1. The van der Waals surface area contributed by atoms with E-state index in [1.54, 1.807) is 16.4 Å². The number of piperidine rings is 1. The lowest BCUT2D eigenvalue weighted by atomic mass is 10.0. The quantitative estimate of drug-likeness (QED) is 0.591. The number of aromatic nitrogens is 2. The Balaban J connectivity index is 1.49. The second kappa shape index (κ2) is 9.00. The normalized spacial score (nSPS) is 19.6. The maximum Gasteiger partial charge on any atom is 0.262 e. The van der Waals surface area contributed by atoms with Crippen molar-refractivity contribution in [1.82, 2.24) is 13.9 Å². The number of carbonyl (C=O) groups excluding carboxylic acids is 1. The Labute approximate surface area is 197 Å². The molecule has 2 atom stereocenters. The van der Waals surface area contributed by atoms with E-state index in [1.165, 1.54) is 34.4 Å². The fraction of sp³-hybridized carbons (Fsp3) is 0.435. The highest BCUT2D eigenvalue weighted by molar-refractivity contribution is 7.89. The number of hydrogen-bond acceptors (Lipinski definition) is 6. The Morgan fingerprint density at radius 2 is 1.79 bits per heavy atom.